The predicted octanol–water partition coefficient (Wildman–Crippen LogP) is 1.42. The molecule has 0 saturated carbocycles. The van der Waals surface area contributed by atoms with Crippen molar-refractivity contribution in [3.8, 4) is 0 Å². The molecular formula is C16H23ClN2O3. The van der Waals surface area contributed by atoms with Crippen LogP contribution in [0.1, 0.15) is 15.9 Å². The van der Waals surface area contributed by atoms with Gasteiger partial charge in [-0.05, 0) is 30.7 Å². The van der Waals surface area contributed by atoms with Crippen molar-refractivity contribution in [2.45, 2.75) is 6.92 Å². The van der Waals surface area contributed by atoms with E-state index in [1.807, 2.05) is 6.92 Å². The molecule has 6 heteroatoms. The van der Waals surface area contributed by atoms with Gasteiger partial charge in [0, 0.05) is 43.3 Å². The molecule has 122 valence electrons. The summed E-state index contributed by atoms with van der Waals surface area (Å²) in [6.07, 6.45) is 0. The normalized spacial score (nSPS) is 15.8. The van der Waals surface area contributed by atoms with Crippen molar-refractivity contribution in [3.63, 3.8) is 0 Å². The van der Waals surface area contributed by atoms with E-state index in [9.17, 15) is 9.90 Å². The summed E-state index contributed by atoms with van der Waals surface area (Å²) in [5.41, 5.74) is 1.49. The highest BCUT2D eigenvalue weighted by Gasteiger charge is 2.18. The van der Waals surface area contributed by atoms with E-state index in [-0.39, 0.29) is 12.5 Å². The standard InChI is InChI=1S/C16H23ClN2O3/c1-13-12-14(2-3-15(13)17)16(21)19(6-9-20)5-4-18-7-10-22-11-8-18/h2-3,12,20H,4-11H2,1H3. The first-order valence-electron chi connectivity index (χ1n) is 7.58. The fourth-order valence-corrected chi connectivity index (χ4v) is 2.60. The summed E-state index contributed by atoms with van der Waals surface area (Å²) >= 11 is 6.01. The molecule has 0 atom stereocenters. The van der Waals surface area contributed by atoms with Gasteiger partial charge in [-0.15, -0.1) is 0 Å². The van der Waals surface area contributed by atoms with Gasteiger partial charge in [-0.2, -0.15) is 0 Å². The maximum atomic E-state index is 12.6. The number of morpholine rings is 1. The Hall–Kier alpha value is -1.14. The largest absolute Gasteiger partial charge is 0.395 e. The minimum absolute atomic E-state index is 0.0403. The lowest BCUT2D eigenvalue weighted by Gasteiger charge is -2.30. The van der Waals surface area contributed by atoms with Gasteiger partial charge in [-0.25, -0.2) is 0 Å². The lowest BCUT2D eigenvalue weighted by atomic mass is 10.1. The first-order chi connectivity index (χ1) is 10.6. The summed E-state index contributed by atoms with van der Waals surface area (Å²) in [6.45, 7) is 6.83. The highest BCUT2D eigenvalue weighted by atomic mass is 35.5. The fourth-order valence-electron chi connectivity index (χ4n) is 2.48. The summed E-state index contributed by atoms with van der Waals surface area (Å²) in [4.78, 5) is 16.6. The van der Waals surface area contributed by atoms with E-state index in [2.05, 4.69) is 4.90 Å². The quantitative estimate of drug-likeness (QED) is 0.859. The lowest BCUT2D eigenvalue weighted by molar-refractivity contribution is 0.0315. The number of aliphatic hydroxyl groups is 1. The predicted molar refractivity (Wildman–Crippen MR) is 86.4 cm³/mol. The molecule has 1 aromatic carbocycles. The Morgan fingerprint density at radius 3 is 2.73 bits per heavy atom. The number of benzene rings is 1. The number of carbonyl (C=O) groups excluding carboxylic acids is 1. The van der Waals surface area contributed by atoms with Crippen LogP contribution in [0.25, 0.3) is 0 Å². The van der Waals surface area contributed by atoms with E-state index < -0.39 is 0 Å². The van der Waals surface area contributed by atoms with Crippen molar-refractivity contribution >= 4 is 17.5 Å². The number of aliphatic hydroxyl groups excluding tert-OH is 1. The number of rotatable bonds is 6. The van der Waals surface area contributed by atoms with Gasteiger partial charge < -0.3 is 14.7 Å². The number of nitrogens with zero attached hydrogens (tertiary/aromatic N) is 2. The molecular weight excluding hydrogens is 304 g/mol. The van der Waals surface area contributed by atoms with Gasteiger partial charge in [0.05, 0.1) is 19.8 Å². The molecule has 1 aromatic rings. The van der Waals surface area contributed by atoms with Crippen LogP contribution in [0.3, 0.4) is 0 Å². The van der Waals surface area contributed by atoms with Gasteiger partial charge >= 0.3 is 0 Å². The van der Waals surface area contributed by atoms with Gasteiger partial charge in [0.25, 0.3) is 5.91 Å². The van der Waals surface area contributed by atoms with E-state index in [4.69, 9.17) is 16.3 Å². The molecule has 22 heavy (non-hydrogen) atoms. The van der Waals surface area contributed by atoms with Gasteiger partial charge in [0.15, 0.2) is 0 Å². The number of carbonyl (C=O) groups is 1. The van der Waals surface area contributed by atoms with E-state index >= 15 is 0 Å². The van der Waals surface area contributed by atoms with E-state index in [1.165, 1.54) is 0 Å². The second-order valence-electron chi connectivity index (χ2n) is 5.43. The molecule has 0 bridgehead atoms. The zero-order chi connectivity index (χ0) is 15.9. The molecule has 1 amide bonds. The Labute approximate surface area is 136 Å². The molecule has 5 nitrogen and oxygen atoms in total. The number of ether oxygens (including phenoxy) is 1. The number of amides is 1. The molecule has 0 aromatic heterocycles. The van der Waals surface area contributed by atoms with E-state index in [1.54, 1.807) is 23.1 Å². The van der Waals surface area contributed by atoms with Gasteiger partial charge in [0.2, 0.25) is 0 Å². The molecule has 1 fully saturated rings. The second-order valence-corrected chi connectivity index (χ2v) is 5.84. The summed E-state index contributed by atoms with van der Waals surface area (Å²) in [5, 5.41) is 9.87. The third-order valence-corrected chi connectivity index (χ3v) is 4.28. The fraction of sp³-hybridized carbons (Fsp3) is 0.562. The first-order valence-corrected chi connectivity index (χ1v) is 7.96. The Kier molecular flexibility index (Phi) is 6.64. The van der Waals surface area contributed by atoms with Crippen molar-refractivity contribution in [2.24, 2.45) is 0 Å². The Bertz CT molecular complexity index is 504. The van der Waals surface area contributed by atoms with Crippen LogP contribution in [-0.4, -0.2) is 73.4 Å². The SMILES string of the molecule is Cc1cc(C(=O)N(CCO)CCN2CCOCC2)ccc1Cl. The number of halogens is 1. The molecule has 0 unspecified atom stereocenters. The maximum absolute atomic E-state index is 12.6. The summed E-state index contributed by atoms with van der Waals surface area (Å²) in [6, 6.07) is 5.27. The van der Waals surface area contributed by atoms with Crippen LogP contribution in [0.2, 0.25) is 5.02 Å². The van der Waals surface area contributed by atoms with Crippen LogP contribution in [0.4, 0.5) is 0 Å². The Balaban J connectivity index is 1.99. The molecule has 1 aliphatic rings. The van der Waals surface area contributed by atoms with Crippen LogP contribution in [0.5, 0.6) is 0 Å². The van der Waals surface area contributed by atoms with Crippen molar-refractivity contribution in [1.29, 1.82) is 0 Å². The summed E-state index contributed by atoms with van der Waals surface area (Å²) < 4.78 is 5.32. The van der Waals surface area contributed by atoms with Gasteiger partial charge in [-0.1, -0.05) is 11.6 Å². The van der Waals surface area contributed by atoms with Crippen molar-refractivity contribution in [1.82, 2.24) is 9.80 Å². The minimum Gasteiger partial charge on any atom is -0.395 e. The van der Waals surface area contributed by atoms with Crippen LogP contribution in [0, 0.1) is 6.92 Å². The Morgan fingerprint density at radius 1 is 1.36 bits per heavy atom. The third kappa shape index (κ3) is 4.68. The average Bonchev–Trinajstić information content (AvgIpc) is 2.54. The molecule has 1 aliphatic heterocycles. The van der Waals surface area contributed by atoms with Gasteiger partial charge in [-0.3, -0.25) is 9.69 Å². The zero-order valence-electron chi connectivity index (χ0n) is 12.9. The molecule has 0 radical (unpaired) electrons. The molecule has 1 saturated heterocycles. The second kappa shape index (κ2) is 8.48. The Morgan fingerprint density at radius 2 is 2.09 bits per heavy atom. The minimum atomic E-state index is -0.0675. The van der Waals surface area contributed by atoms with Crippen molar-refractivity contribution in [2.75, 3.05) is 52.5 Å². The number of aryl methyl sites for hydroxylation is 1. The number of hydrogen-bond donors (Lipinski definition) is 1. The lowest BCUT2D eigenvalue weighted by Crippen LogP contribution is -2.43. The van der Waals surface area contributed by atoms with Crippen LogP contribution in [-0.2, 0) is 4.74 Å². The molecule has 0 aliphatic carbocycles. The summed E-state index contributed by atoms with van der Waals surface area (Å²) in [7, 11) is 0. The van der Waals surface area contributed by atoms with Crippen molar-refractivity contribution in [3.05, 3.63) is 34.3 Å². The zero-order valence-corrected chi connectivity index (χ0v) is 13.7. The third-order valence-electron chi connectivity index (χ3n) is 3.85. The maximum Gasteiger partial charge on any atom is 0.253 e. The van der Waals surface area contributed by atoms with Crippen LogP contribution < -0.4 is 0 Å². The van der Waals surface area contributed by atoms with E-state index in [0.29, 0.717) is 23.7 Å². The molecule has 2 rings (SSSR count). The molecule has 1 N–H and O–H groups in total. The van der Waals surface area contributed by atoms with Crippen molar-refractivity contribution < 1.29 is 14.6 Å². The molecule has 1 heterocycles. The topological polar surface area (TPSA) is 53.0 Å². The molecule has 0 spiro atoms. The van der Waals surface area contributed by atoms with Crippen LogP contribution >= 0.6 is 11.6 Å². The summed E-state index contributed by atoms with van der Waals surface area (Å²) in [5.74, 6) is -0.0675. The highest BCUT2D eigenvalue weighted by molar-refractivity contribution is 6.31. The number of hydrogen-bond acceptors (Lipinski definition) is 4. The highest BCUT2D eigenvalue weighted by Crippen LogP contribution is 2.17. The van der Waals surface area contributed by atoms with Gasteiger partial charge in [0.1, 0.15) is 0 Å². The van der Waals surface area contributed by atoms with Crippen LogP contribution in [0.15, 0.2) is 18.2 Å². The monoisotopic (exact) mass is 326 g/mol. The average molecular weight is 327 g/mol. The smallest absolute Gasteiger partial charge is 0.253 e. The van der Waals surface area contributed by atoms with E-state index in [0.717, 1.165) is 38.4 Å². The first kappa shape index (κ1) is 17.2.